The van der Waals surface area contributed by atoms with E-state index in [1.54, 1.807) is 0 Å². The van der Waals surface area contributed by atoms with Crippen molar-refractivity contribution in [2.45, 2.75) is 18.4 Å². The average molecular weight is 261 g/mol. The van der Waals surface area contributed by atoms with Gasteiger partial charge in [0.2, 0.25) is 0 Å². The van der Waals surface area contributed by atoms with Crippen LogP contribution in [0.1, 0.15) is 12.8 Å². The molecule has 0 atom stereocenters. The molecular weight excluding hydrogens is 249 g/mol. The molecule has 98 valence electrons. The molecule has 1 spiro atoms. The monoisotopic (exact) mass is 261 g/mol. The maximum atomic E-state index is 13.7. The van der Waals surface area contributed by atoms with Gasteiger partial charge in [0.15, 0.2) is 11.4 Å². The number of hydrogen-bond acceptors (Lipinski definition) is 4. The van der Waals surface area contributed by atoms with Crippen LogP contribution in [0.3, 0.4) is 0 Å². The van der Waals surface area contributed by atoms with Crippen molar-refractivity contribution in [1.29, 1.82) is 0 Å². The molecule has 1 amide bonds. The van der Waals surface area contributed by atoms with Gasteiger partial charge in [-0.05, 0) is 6.07 Å². The van der Waals surface area contributed by atoms with E-state index in [1.165, 1.54) is 17.0 Å². The fraction of sp³-hybridized carbons (Fsp3) is 0.308. The van der Waals surface area contributed by atoms with Gasteiger partial charge in [-0.3, -0.25) is 15.5 Å². The summed E-state index contributed by atoms with van der Waals surface area (Å²) >= 11 is 0. The molecule has 1 aliphatic heterocycles. The molecule has 1 aliphatic carbocycles. The smallest absolute Gasteiger partial charge is 0.272 e. The maximum Gasteiger partial charge on any atom is 0.272 e. The minimum atomic E-state index is -0.839. The zero-order valence-corrected chi connectivity index (χ0v) is 10.1. The van der Waals surface area contributed by atoms with Crippen LogP contribution in [-0.2, 0) is 4.79 Å². The maximum absolute atomic E-state index is 13.7. The Labute approximate surface area is 109 Å². The van der Waals surface area contributed by atoms with Crippen molar-refractivity contribution in [3.8, 4) is 18.1 Å². The van der Waals surface area contributed by atoms with Gasteiger partial charge in [0.25, 0.3) is 5.91 Å². The van der Waals surface area contributed by atoms with E-state index in [0.717, 1.165) is 0 Å². The van der Waals surface area contributed by atoms with Crippen LogP contribution < -0.4 is 20.9 Å². The Balaban J connectivity index is 2.13. The van der Waals surface area contributed by atoms with Crippen molar-refractivity contribution in [2.75, 3.05) is 16.9 Å². The number of nitrogen functional groups attached to an aromatic ring is 1. The summed E-state index contributed by atoms with van der Waals surface area (Å²) in [5, 5.41) is 0. The van der Waals surface area contributed by atoms with Gasteiger partial charge in [0, 0.05) is 18.9 Å². The number of halogens is 1. The van der Waals surface area contributed by atoms with Crippen LogP contribution in [0.15, 0.2) is 12.1 Å². The first-order valence-corrected chi connectivity index (χ1v) is 5.86. The molecule has 0 unspecified atom stereocenters. The molecule has 19 heavy (non-hydrogen) atoms. The quantitative estimate of drug-likeness (QED) is 0.473. The van der Waals surface area contributed by atoms with E-state index in [2.05, 4.69) is 11.3 Å². The zero-order chi connectivity index (χ0) is 13.6. The van der Waals surface area contributed by atoms with Crippen LogP contribution in [0, 0.1) is 18.2 Å². The Morgan fingerprint density at radius 1 is 1.58 bits per heavy atom. The van der Waals surface area contributed by atoms with Crippen LogP contribution >= 0.6 is 0 Å². The standard InChI is InChI=1S/C13H12FN3O2/c1-2-5-17-10-7-9(16-15)8(14)6-11(10)19-13(3-4-13)12(17)18/h1,6-7,16H,3-5,15H2. The Bertz CT molecular complexity index is 605. The first-order valence-electron chi connectivity index (χ1n) is 5.86. The number of carbonyl (C=O) groups is 1. The van der Waals surface area contributed by atoms with E-state index in [0.29, 0.717) is 24.3 Å². The van der Waals surface area contributed by atoms with E-state index < -0.39 is 11.4 Å². The van der Waals surface area contributed by atoms with E-state index in [9.17, 15) is 9.18 Å². The third-order valence-corrected chi connectivity index (χ3v) is 3.39. The number of hydrazine groups is 1. The van der Waals surface area contributed by atoms with Crippen LogP contribution in [0.4, 0.5) is 15.8 Å². The third kappa shape index (κ3) is 1.63. The number of hydrogen-bond donors (Lipinski definition) is 2. The summed E-state index contributed by atoms with van der Waals surface area (Å²) < 4.78 is 19.3. The summed E-state index contributed by atoms with van der Waals surface area (Å²) in [5.74, 6) is 7.27. The molecule has 1 aromatic rings. The van der Waals surface area contributed by atoms with Gasteiger partial charge in [-0.2, -0.15) is 0 Å². The molecule has 0 aromatic heterocycles. The van der Waals surface area contributed by atoms with Crippen molar-refractivity contribution in [1.82, 2.24) is 0 Å². The van der Waals surface area contributed by atoms with E-state index in [1.807, 2.05) is 0 Å². The Kier molecular flexibility index (Phi) is 2.40. The molecule has 0 bridgehead atoms. The molecular formula is C13H12FN3O2. The van der Waals surface area contributed by atoms with Gasteiger partial charge in [-0.15, -0.1) is 6.42 Å². The Hall–Kier alpha value is -2.26. The molecule has 1 saturated carbocycles. The highest BCUT2D eigenvalue weighted by molar-refractivity contribution is 6.05. The fourth-order valence-corrected chi connectivity index (χ4v) is 2.23. The molecule has 3 rings (SSSR count). The molecule has 0 saturated heterocycles. The highest BCUT2D eigenvalue weighted by Gasteiger charge is 2.57. The van der Waals surface area contributed by atoms with Gasteiger partial charge < -0.3 is 10.2 Å². The largest absolute Gasteiger partial charge is 0.475 e. The van der Waals surface area contributed by atoms with Crippen molar-refractivity contribution in [3.05, 3.63) is 17.9 Å². The third-order valence-electron chi connectivity index (χ3n) is 3.39. The SMILES string of the molecule is C#CCN1C(=O)C2(CC2)Oc2cc(F)c(NN)cc21. The van der Waals surface area contributed by atoms with Crippen molar-refractivity contribution in [3.63, 3.8) is 0 Å². The van der Waals surface area contributed by atoms with Gasteiger partial charge in [-0.1, -0.05) is 5.92 Å². The van der Waals surface area contributed by atoms with E-state index in [4.69, 9.17) is 17.0 Å². The number of terminal acetylenes is 1. The van der Waals surface area contributed by atoms with Gasteiger partial charge >= 0.3 is 0 Å². The number of fused-ring (bicyclic) bond motifs is 1. The summed E-state index contributed by atoms with van der Waals surface area (Å²) in [7, 11) is 0. The van der Waals surface area contributed by atoms with Gasteiger partial charge in [0.05, 0.1) is 17.9 Å². The zero-order valence-electron chi connectivity index (χ0n) is 10.1. The number of anilines is 2. The van der Waals surface area contributed by atoms with Crippen LogP contribution in [0.5, 0.6) is 5.75 Å². The highest BCUT2D eigenvalue weighted by atomic mass is 19.1. The molecule has 0 radical (unpaired) electrons. The van der Waals surface area contributed by atoms with E-state index >= 15 is 0 Å². The van der Waals surface area contributed by atoms with Crippen LogP contribution in [0.25, 0.3) is 0 Å². The van der Waals surface area contributed by atoms with E-state index in [-0.39, 0.29) is 18.1 Å². The second-order valence-electron chi connectivity index (χ2n) is 4.64. The summed E-state index contributed by atoms with van der Waals surface area (Å²) in [6.45, 7) is 0.118. The lowest BCUT2D eigenvalue weighted by atomic mass is 10.1. The number of ether oxygens (including phenoxy) is 1. The first kappa shape index (κ1) is 11.8. The summed E-state index contributed by atoms with van der Waals surface area (Å²) in [4.78, 5) is 13.7. The Morgan fingerprint density at radius 3 is 2.89 bits per heavy atom. The van der Waals surface area contributed by atoms with Gasteiger partial charge in [0.1, 0.15) is 5.75 Å². The lowest BCUT2D eigenvalue weighted by molar-refractivity contribution is -0.128. The molecule has 1 heterocycles. The van der Waals surface area contributed by atoms with Crippen LogP contribution in [-0.4, -0.2) is 18.1 Å². The summed E-state index contributed by atoms with van der Waals surface area (Å²) in [6, 6.07) is 2.65. The predicted molar refractivity (Wildman–Crippen MR) is 68.0 cm³/mol. The van der Waals surface area contributed by atoms with Crippen molar-refractivity contribution < 1.29 is 13.9 Å². The number of rotatable bonds is 2. The topological polar surface area (TPSA) is 67.6 Å². The van der Waals surface area contributed by atoms with Crippen molar-refractivity contribution >= 4 is 17.3 Å². The lowest BCUT2D eigenvalue weighted by Gasteiger charge is -2.34. The second-order valence-corrected chi connectivity index (χ2v) is 4.64. The second kappa shape index (κ2) is 3.87. The number of benzene rings is 1. The molecule has 3 N–H and O–H groups in total. The summed E-state index contributed by atoms with van der Waals surface area (Å²) in [5.41, 5.74) is 1.93. The number of carbonyl (C=O) groups excluding carboxylic acids is 1. The van der Waals surface area contributed by atoms with Crippen LogP contribution in [0.2, 0.25) is 0 Å². The molecule has 2 aliphatic rings. The average Bonchev–Trinajstić information content (AvgIpc) is 3.15. The number of amides is 1. The fourth-order valence-electron chi connectivity index (χ4n) is 2.23. The van der Waals surface area contributed by atoms with Crippen molar-refractivity contribution in [2.24, 2.45) is 5.84 Å². The number of nitrogens with one attached hydrogen (secondary N) is 1. The highest BCUT2D eigenvalue weighted by Crippen LogP contribution is 2.50. The Morgan fingerprint density at radius 2 is 2.32 bits per heavy atom. The normalized spacial score (nSPS) is 18.6. The minimum Gasteiger partial charge on any atom is -0.475 e. The number of nitrogens with zero attached hydrogens (tertiary/aromatic N) is 1. The molecule has 1 aromatic carbocycles. The predicted octanol–water partition coefficient (Wildman–Crippen LogP) is 1.00. The molecule has 6 heteroatoms. The summed E-state index contributed by atoms with van der Waals surface area (Å²) in [6.07, 6.45) is 6.55. The number of nitrogens with two attached hydrogens (primary N) is 1. The lowest BCUT2D eigenvalue weighted by Crippen LogP contribution is -2.48. The molecule has 5 nitrogen and oxygen atoms in total. The first-order chi connectivity index (χ1) is 9.11. The van der Waals surface area contributed by atoms with Gasteiger partial charge in [-0.25, -0.2) is 4.39 Å². The molecule has 1 fully saturated rings. The minimum absolute atomic E-state index is 0.0870.